The Morgan fingerprint density at radius 3 is 2.67 bits per heavy atom. The first-order valence-corrected chi connectivity index (χ1v) is 5.56. The lowest BCUT2D eigenvalue weighted by Gasteiger charge is -2.16. The Labute approximate surface area is 92.8 Å². The monoisotopic (exact) mass is 204 g/mol. The summed E-state index contributed by atoms with van der Waals surface area (Å²) < 4.78 is 5.89. The minimum atomic E-state index is 0.274. The van der Waals surface area contributed by atoms with Crippen LogP contribution in [0.1, 0.15) is 39.2 Å². The third kappa shape index (κ3) is 3.43. The number of allylic oxidation sites excluding steroid dienone is 1. The molecule has 0 amide bonds. The zero-order valence-corrected chi connectivity index (χ0v) is 9.92. The van der Waals surface area contributed by atoms with Crippen LogP contribution in [0.15, 0.2) is 30.8 Å². The summed E-state index contributed by atoms with van der Waals surface area (Å²) in [5.41, 5.74) is 2.16. The molecule has 0 aliphatic rings. The largest absolute Gasteiger partial charge is 0.490 e. The Hall–Kier alpha value is -1.24. The molecular formula is C14H20O. The van der Waals surface area contributed by atoms with Crippen molar-refractivity contribution in [3.05, 3.63) is 36.4 Å². The zero-order valence-electron chi connectivity index (χ0n) is 9.92. The van der Waals surface area contributed by atoms with Crippen molar-refractivity contribution in [2.24, 2.45) is 0 Å². The summed E-state index contributed by atoms with van der Waals surface area (Å²) in [6.45, 7) is 10.2. The highest BCUT2D eigenvalue weighted by Crippen LogP contribution is 2.25. The Morgan fingerprint density at radius 2 is 2.07 bits per heavy atom. The molecule has 1 unspecified atom stereocenters. The van der Waals surface area contributed by atoms with Gasteiger partial charge in [-0.05, 0) is 31.9 Å². The molecule has 0 aliphatic heterocycles. The van der Waals surface area contributed by atoms with Gasteiger partial charge in [-0.1, -0.05) is 38.1 Å². The molecule has 1 rings (SSSR count). The highest BCUT2D eigenvalue weighted by molar-refractivity contribution is 5.66. The van der Waals surface area contributed by atoms with Crippen LogP contribution in [0.2, 0.25) is 0 Å². The van der Waals surface area contributed by atoms with Crippen LogP contribution in [0.25, 0.3) is 5.57 Å². The average molecular weight is 204 g/mol. The average Bonchev–Trinajstić information content (AvgIpc) is 2.18. The second-order valence-electron chi connectivity index (χ2n) is 3.99. The third-order valence-electron chi connectivity index (χ3n) is 2.37. The van der Waals surface area contributed by atoms with Crippen LogP contribution >= 0.6 is 0 Å². The number of hydrogen-bond donors (Lipinski definition) is 0. The summed E-state index contributed by atoms with van der Waals surface area (Å²) in [7, 11) is 0. The number of ether oxygens (including phenoxy) is 1. The van der Waals surface area contributed by atoms with Crippen molar-refractivity contribution in [1.29, 1.82) is 0 Å². The first kappa shape index (κ1) is 11.8. The number of rotatable bonds is 5. The van der Waals surface area contributed by atoms with Gasteiger partial charge in [-0.3, -0.25) is 0 Å². The van der Waals surface area contributed by atoms with Gasteiger partial charge in [-0.15, -0.1) is 0 Å². The van der Waals surface area contributed by atoms with E-state index in [-0.39, 0.29) is 6.10 Å². The molecule has 1 nitrogen and oxygen atoms in total. The smallest absolute Gasteiger partial charge is 0.127 e. The summed E-state index contributed by atoms with van der Waals surface area (Å²) in [4.78, 5) is 0. The van der Waals surface area contributed by atoms with Crippen LogP contribution in [0.5, 0.6) is 5.75 Å². The molecule has 1 heteroatoms. The second kappa shape index (κ2) is 5.59. The molecule has 0 bridgehead atoms. The molecule has 1 aromatic rings. The van der Waals surface area contributed by atoms with Gasteiger partial charge in [0.15, 0.2) is 0 Å². The maximum Gasteiger partial charge on any atom is 0.127 e. The summed E-state index contributed by atoms with van der Waals surface area (Å²) >= 11 is 0. The van der Waals surface area contributed by atoms with E-state index in [1.165, 1.54) is 0 Å². The molecule has 1 atom stereocenters. The topological polar surface area (TPSA) is 9.23 Å². The highest BCUT2D eigenvalue weighted by atomic mass is 16.5. The Kier molecular flexibility index (Phi) is 4.41. The van der Waals surface area contributed by atoms with Crippen LogP contribution in [-0.4, -0.2) is 6.10 Å². The molecule has 0 aromatic heterocycles. The minimum absolute atomic E-state index is 0.274. The predicted molar refractivity (Wildman–Crippen MR) is 66.1 cm³/mol. The lowest BCUT2D eigenvalue weighted by atomic mass is 10.1. The van der Waals surface area contributed by atoms with Crippen molar-refractivity contribution < 1.29 is 4.74 Å². The molecule has 0 saturated carbocycles. The molecule has 0 N–H and O–H groups in total. The summed E-state index contributed by atoms with van der Waals surface area (Å²) in [6.07, 6.45) is 2.51. The van der Waals surface area contributed by atoms with Crippen molar-refractivity contribution in [3.8, 4) is 5.75 Å². The van der Waals surface area contributed by atoms with E-state index in [0.29, 0.717) is 0 Å². The maximum atomic E-state index is 5.89. The van der Waals surface area contributed by atoms with Gasteiger partial charge in [0.1, 0.15) is 5.75 Å². The first-order valence-electron chi connectivity index (χ1n) is 5.56. The van der Waals surface area contributed by atoms with Crippen LogP contribution in [-0.2, 0) is 0 Å². The molecule has 0 heterocycles. The molecule has 82 valence electrons. The van der Waals surface area contributed by atoms with Crippen molar-refractivity contribution in [2.75, 3.05) is 0 Å². The third-order valence-corrected chi connectivity index (χ3v) is 2.37. The molecule has 0 radical (unpaired) electrons. The van der Waals surface area contributed by atoms with E-state index in [1.54, 1.807) is 0 Å². The quantitative estimate of drug-likeness (QED) is 0.695. The zero-order chi connectivity index (χ0) is 11.3. The van der Waals surface area contributed by atoms with Crippen LogP contribution in [0.4, 0.5) is 0 Å². The van der Waals surface area contributed by atoms with Crippen molar-refractivity contribution in [1.82, 2.24) is 0 Å². The Morgan fingerprint density at radius 1 is 1.40 bits per heavy atom. The fourth-order valence-electron chi connectivity index (χ4n) is 1.60. The Balaban J connectivity index is 2.79. The maximum absolute atomic E-state index is 5.89. The van der Waals surface area contributed by atoms with Crippen LogP contribution in [0, 0.1) is 0 Å². The molecule has 0 saturated heterocycles. The number of benzene rings is 1. The van der Waals surface area contributed by atoms with E-state index >= 15 is 0 Å². The van der Waals surface area contributed by atoms with E-state index in [4.69, 9.17) is 4.74 Å². The molecule has 0 spiro atoms. The summed E-state index contributed by atoms with van der Waals surface area (Å²) in [6, 6.07) is 8.08. The highest BCUT2D eigenvalue weighted by Gasteiger charge is 2.07. The van der Waals surface area contributed by atoms with Crippen molar-refractivity contribution in [3.63, 3.8) is 0 Å². The van der Waals surface area contributed by atoms with E-state index < -0.39 is 0 Å². The minimum Gasteiger partial charge on any atom is -0.490 e. The lowest BCUT2D eigenvalue weighted by molar-refractivity contribution is 0.209. The molecule has 0 fully saturated rings. The SMILES string of the molecule is C=C(C)c1ccccc1OC(C)CCC. The van der Waals surface area contributed by atoms with Gasteiger partial charge in [0.25, 0.3) is 0 Å². The molecule has 15 heavy (non-hydrogen) atoms. The van der Waals surface area contributed by atoms with Crippen LogP contribution < -0.4 is 4.74 Å². The predicted octanol–water partition coefficient (Wildman–Crippen LogP) is 4.29. The number of hydrogen-bond acceptors (Lipinski definition) is 1. The second-order valence-corrected chi connectivity index (χ2v) is 3.99. The van der Waals surface area contributed by atoms with Gasteiger partial charge < -0.3 is 4.74 Å². The van der Waals surface area contributed by atoms with Gasteiger partial charge in [-0.25, -0.2) is 0 Å². The fourth-order valence-corrected chi connectivity index (χ4v) is 1.60. The van der Waals surface area contributed by atoms with Gasteiger partial charge in [-0.2, -0.15) is 0 Å². The van der Waals surface area contributed by atoms with Gasteiger partial charge in [0.2, 0.25) is 0 Å². The van der Waals surface area contributed by atoms with Gasteiger partial charge in [0.05, 0.1) is 6.10 Å². The van der Waals surface area contributed by atoms with Crippen molar-refractivity contribution in [2.45, 2.75) is 39.7 Å². The van der Waals surface area contributed by atoms with Crippen molar-refractivity contribution >= 4 is 5.57 Å². The summed E-state index contributed by atoms with van der Waals surface area (Å²) in [5, 5.41) is 0. The van der Waals surface area contributed by atoms with Crippen LogP contribution in [0.3, 0.4) is 0 Å². The molecule has 1 aromatic carbocycles. The van der Waals surface area contributed by atoms with E-state index in [2.05, 4.69) is 26.5 Å². The van der Waals surface area contributed by atoms with Gasteiger partial charge in [0, 0.05) is 5.56 Å². The Bertz CT molecular complexity index is 328. The summed E-state index contributed by atoms with van der Waals surface area (Å²) in [5.74, 6) is 0.950. The lowest BCUT2D eigenvalue weighted by Crippen LogP contribution is -2.11. The van der Waals surface area contributed by atoms with E-state index in [0.717, 1.165) is 29.7 Å². The number of para-hydroxylation sites is 1. The standard InChI is InChI=1S/C14H20O/c1-5-8-12(4)15-14-10-7-6-9-13(14)11(2)3/h6-7,9-10,12H,2,5,8H2,1,3-4H3. The van der Waals surface area contributed by atoms with E-state index in [1.807, 2.05) is 25.1 Å². The van der Waals surface area contributed by atoms with Gasteiger partial charge >= 0.3 is 0 Å². The fraction of sp³-hybridized carbons (Fsp3) is 0.429. The molecule has 0 aliphatic carbocycles. The molecular weight excluding hydrogens is 184 g/mol. The normalized spacial score (nSPS) is 12.2. The first-order chi connectivity index (χ1) is 7.15. The van der Waals surface area contributed by atoms with E-state index in [9.17, 15) is 0 Å².